The first kappa shape index (κ1) is 8.55. The van der Waals surface area contributed by atoms with E-state index >= 15 is 0 Å². The Hall–Kier alpha value is -0.550. The molecule has 11 heavy (non-hydrogen) atoms. The zero-order valence-electron chi connectivity index (χ0n) is 7.38. The van der Waals surface area contributed by atoms with Gasteiger partial charge in [-0.05, 0) is 18.3 Å². The Morgan fingerprint density at radius 1 is 1.36 bits per heavy atom. The second-order valence-electron chi connectivity index (χ2n) is 3.80. The van der Waals surface area contributed by atoms with Gasteiger partial charge < -0.3 is 0 Å². The molecule has 0 spiro atoms. The van der Waals surface area contributed by atoms with Crippen LogP contribution in [-0.2, 0) is 0 Å². The fraction of sp³-hybridized carbons (Fsp3) is 0.889. The predicted molar refractivity (Wildman–Crippen MR) is 45.0 cm³/mol. The molecule has 0 aromatic carbocycles. The summed E-state index contributed by atoms with van der Waals surface area (Å²) in [6.07, 6.45) is 1.32. The average Bonchev–Trinajstić information content (AvgIpc) is 1.85. The molecule has 2 heteroatoms. The van der Waals surface area contributed by atoms with Crippen LogP contribution in [0.2, 0.25) is 0 Å². The lowest BCUT2D eigenvalue weighted by atomic mass is 9.92. The minimum absolute atomic E-state index is 0.606. The Bertz CT molecular complexity index is 149. The van der Waals surface area contributed by atoms with Crippen LogP contribution in [0.5, 0.6) is 0 Å². The molecule has 1 fully saturated rings. The lowest BCUT2D eigenvalue weighted by molar-refractivity contribution is 0.156. The van der Waals surface area contributed by atoms with Crippen LogP contribution in [0.1, 0.15) is 20.3 Å². The first-order chi connectivity index (χ1) is 5.22. The molecule has 0 radical (unpaired) electrons. The third-order valence-electron chi connectivity index (χ3n) is 2.24. The molecule has 0 aliphatic carbocycles. The molecule has 0 aromatic heterocycles. The maximum absolute atomic E-state index is 8.50. The van der Waals surface area contributed by atoms with Crippen LogP contribution < -0.4 is 0 Å². The number of rotatable bonds is 1. The van der Waals surface area contributed by atoms with E-state index < -0.39 is 0 Å². The van der Waals surface area contributed by atoms with Gasteiger partial charge in [0, 0.05) is 13.1 Å². The zero-order valence-corrected chi connectivity index (χ0v) is 7.38. The molecule has 1 aliphatic rings. The van der Waals surface area contributed by atoms with E-state index in [1.165, 1.54) is 6.42 Å². The normalized spacial score (nSPS) is 33.2. The van der Waals surface area contributed by atoms with Crippen LogP contribution in [-0.4, -0.2) is 24.5 Å². The van der Waals surface area contributed by atoms with E-state index in [4.69, 9.17) is 5.26 Å². The van der Waals surface area contributed by atoms with Crippen molar-refractivity contribution in [3.8, 4) is 6.07 Å². The van der Waals surface area contributed by atoms with E-state index in [0.717, 1.165) is 24.9 Å². The Balaban J connectivity index is 2.38. The zero-order chi connectivity index (χ0) is 8.27. The topological polar surface area (TPSA) is 27.0 Å². The van der Waals surface area contributed by atoms with Crippen LogP contribution in [0.4, 0.5) is 0 Å². The molecule has 2 nitrogen and oxygen atoms in total. The second-order valence-corrected chi connectivity index (χ2v) is 3.80. The summed E-state index contributed by atoms with van der Waals surface area (Å²) in [5.41, 5.74) is 0. The van der Waals surface area contributed by atoms with E-state index in [1.54, 1.807) is 0 Å². The van der Waals surface area contributed by atoms with Gasteiger partial charge in [-0.3, -0.25) is 4.90 Å². The lowest BCUT2D eigenvalue weighted by Gasteiger charge is -2.33. The van der Waals surface area contributed by atoms with Crippen molar-refractivity contribution in [1.29, 1.82) is 5.26 Å². The first-order valence-electron chi connectivity index (χ1n) is 4.31. The molecule has 0 bridgehead atoms. The fourth-order valence-electron chi connectivity index (χ4n) is 2.02. The minimum atomic E-state index is 0.606. The first-order valence-corrected chi connectivity index (χ1v) is 4.31. The number of hydrogen-bond acceptors (Lipinski definition) is 2. The molecule has 0 aromatic rings. The summed E-state index contributed by atoms with van der Waals surface area (Å²) in [6.45, 7) is 7.35. The van der Waals surface area contributed by atoms with Crippen LogP contribution in [0.25, 0.3) is 0 Å². The SMILES string of the molecule is C[C@@H]1C[C@H](C)CN(CC#N)C1. The summed E-state index contributed by atoms with van der Waals surface area (Å²) < 4.78 is 0. The maximum atomic E-state index is 8.50. The molecule has 0 unspecified atom stereocenters. The van der Waals surface area contributed by atoms with E-state index in [0.29, 0.717) is 6.54 Å². The van der Waals surface area contributed by atoms with Gasteiger partial charge in [0.05, 0.1) is 12.6 Å². The Labute approximate surface area is 68.8 Å². The average molecular weight is 152 g/mol. The van der Waals surface area contributed by atoms with Gasteiger partial charge in [-0.25, -0.2) is 0 Å². The van der Waals surface area contributed by atoms with E-state index in [1.807, 2.05) is 0 Å². The van der Waals surface area contributed by atoms with Gasteiger partial charge in [-0.15, -0.1) is 0 Å². The summed E-state index contributed by atoms with van der Waals surface area (Å²) in [7, 11) is 0. The summed E-state index contributed by atoms with van der Waals surface area (Å²) >= 11 is 0. The van der Waals surface area contributed by atoms with Gasteiger partial charge in [0.2, 0.25) is 0 Å². The summed E-state index contributed by atoms with van der Waals surface area (Å²) in [4.78, 5) is 2.25. The molecule has 1 saturated heterocycles. The summed E-state index contributed by atoms with van der Waals surface area (Å²) in [5.74, 6) is 1.54. The van der Waals surface area contributed by atoms with Crippen molar-refractivity contribution in [2.75, 3.05) is 19.6 Å². The molecule has 2 atom stereocenters. The number of piperidine rings is 1. The third kappa shape index (κ3) is 2.51. The highest BCUT2D eigenvalue weighted by Gasteiger charge is 2.20. The van der Waals surface area contributed by atoms with Gasteiger partial charge in [-0.1, -0.05) is 13.8 Å². The van der Waals surface area contributed by atoms with Crippen molar-refractivity contribution in [2.24, 2.45) is 11.8 Å². The number of nitrogens with zero attached hydrogens (tertiary/aromatic N) is 2. The van der Waals surface area contributed by atoms with Crippen LogP contribution in [0, 0.1) is 23.2 Å². The molecule has 1 rings (SSSR count). The van der Waals surface area contributed by atoms with Crippen molar-refractivity contribution in [3.63, 3.8) is 0 Å². The standard InChI is InChI=1S/C9H16N2/c1-8-5-9(2)7-11(6-8)4-3-10/h8-9H,4-7H2,1-2H3/t8-,9+. The van der Waals surface area contributed by atoms with Gasteiger partial charge in [0.25, 0.3) is 0 Å². The Kier molecular flexibility index (Phi) is 2.90. The van der Waals surface area contributed by atoms with Crippen molar-refractivity contribution in [2.45, 2.75) is 20.3 Å². The Morgan fingerprint density at radius 2 is 1.91 bits per heavy atom. The lowest BCUT2D eigenvalue weighted by Crippen LogP contribution is -2.38. The summed E-state index contributed by atoms with van der Waals surface area (Å²) in [5, 5.41) is 8.50. The summed E-state index contributed by atoms with van der Waals surface area (Å²) in [6, 6.07) is 2.20. The fourth-order valence-corrected chi connectivity index (χ4v) is 2.02. The molecule has 0 saturated carbocycles. The van der Waals surface area contributed by atoms with Gasteiger partial charge >= 0.3 is 0 Å². The number of hydrogen-bond donors (Lipinski definition) is 0. The second kappa shape index (κ2) is 3.73. The van der Waals surface area contributed by atoms with Gasteiger partial charge in [0.1, 0.15) is 0 Å². The molecular weight excluding hydrogens is 136 g/mol. The highest BCUT2D eigenvalue weighted by atomic mass is 15.1. The predicted octanol–water partition coefficient (Wildman–Crippen LogP) is 1.49. The van der Waals surface area contributed by atoms with Gasteiger partial charge in [-0.2, -0.15) is 5.26 Å². The van der Waals surface area contributed by atoms with Crippen LogP contribution >= 0.6 is 0 Å². The Morgan fingerprint density at radius 3 is 2.36 bits per heavy atom. The van der Waals surface area contributed by atoms with E-state index in [2.05, 4.69) is 24.8 Å². The third-order valence-corrected chi connectivity index (χ3v) is 2.24. The quantitative estimate of drug-likeness (QED) is 0.532. The highest BCUT2D eigenvalue weighted by Crippen LogP contribution is 2.19. The molecule has 0 N–H and O–H groups in total. The maximum Gasteiger partial charge on any atom is 0.0866 e. The largest absolute Gasteiger partial charge is 0.290 e. The number of likely N-dealkylation sites (tertiary alicyclic amines) is 1. The molecule has 62 valence electrons. The van der Waals surface area contributed by atoms with Crippen molar-refractivity contribution in [1.82, 2.24) is 4.90 Å². The molecule has 1 heterocycles. The van der Waals surface area contributed by atoms with Crippen LogP contribution in [0.3, 0.4) is 0 Å². The van der Waals surface area contributed by atoms with Crippen molar-refractivity contribution in [3.05, 3.63) is 0 Å². The van der Waals surface area contributed by atoms with E-state index in [9.17, 15) is 0 Å². The highest BCUT2D eigenvalue weighted by molar-refractivity contribution is 4.82. The monoisotopic (exact) mass is 152 g/mol. The van der Waals surface area contributed by atoms with Gasteiger partial charge in [0.15, 0.2) is 0 Å². The molecular formula is C9H16N2. The smallest absolute Gasteiger partial charge is 0.0866 e. The molecule has 0 amide bonds. The molecule has 1 aliphatic heterocycles. The van der Waals surface area contributed by atoms with Crippen molar-refractivity contribution < 1.29 is 0 Å². The minimum Gasteiger partial charge on any atom is -0.290 e. The number of nitriles is 1. The van der Waals surface area contributed by atoms with Crippen LogP contribution in [0.15, 0.2) is 0 Å². The van der Waals surface area contributed by atoms with E-state index in [-0.39, 0.29) is 0 Å². The van der Waals surface area contributed by atoms with Crippen molar-refractivity contribution >= 4 is 0 Å².